The summed E-state index contributed by atoms with van der Waals surface area (Å²) in [4.78, 5) is 73.1. The van der Waals surface area contributed by atoms with Crippen LogP contribution in [0.5, 0.6) is 0 Å². The van der Waals surface area contributed by atoms with Crippen LogP contribution >= 0.6 is 23.2 Å². The molecule has 0 amide bonds. The summed E-state index contributed by atoms with van der Waals surface area (Å²) < 4.78 is 20.1. The predicted molar refractivity (Wildman–Crippen MR) is 154 cm³/mol. The van der Waals surface area contributed by atoms with Crippen LogP contribution in [0.2, 0.25) is 0 Å². The summed E-state index contributed by atoms with van der Waals surface area (Å²) in [6, 6.07) is 5.50. The number of aryl methyl sites for hydroxylation is 2. The highest BCUT2D eigenvalue weighted by Gasteiger charge is 2.24. The van der Waals surface area contributed by atoms with Gasteiger partial charge in [0.15, 0.2) is 0 Å². The molecule has 0 aliphatic rings. The maximum absolute atomic E-state index is 12.9. The van der Waals surface area contributed by atoms with Gasteiger partial charge in [0.1, 0.15) is 26.4 Å². The smallest absolute Gasteiger partial charge is 0.339 e. The first-order valence-corrected chi connectivity index (χ1v) is 13.1. The average molecular weight is 619 g/mol. The third kappa shape index (κ3) is 8.86. The van der Waals surface area contributed by atoms with Crippen LogP contribution in [0.4, 0.5) is 0 Å². The van der Waals surface area contributed by atoms with E-state index in [4.69, 9.17) is 42.1 Å². The highest BCUT2D eigenvalue weighted by molar-refractivity contribution is 6.68. The molecule has 0 atom stereocenters. The monoisotopic (exact) mass is 618 g/mol. The topological polar surface area (TPSA) is 139 Å². The lowest BCUT2D eigenvalue weighted by atomic mass is 9.89. The van der Waals surface area contributed by atoms with Gasteiger partial charge in [-0.15, -0.1) is 0 Å². The van der Waals surface area contributed by atoms with Gasteiger partial charge in [-0.05, 0) is 97.4 Å². The molecule has 0 heterocycles. The maximum atomic E-state index is 12.9. The van der Waals surface area contributed by atoms with E-state index in [0.717, 1.165) is 0 Å². The fourth-order valence-corrected chi connectivity index (χ4v) is 3.91. The van der Waals surface area contributed by atoms with Gasteiger partial charge in [-0.3, -0.25) is 9.59 Å². The van der Waals surface area contributed by atoms with E-state index in [2.05, 4.69) is 13.2 Å². The van der Waals surface area contributed by atoms with Crippen molar-refractivity contribution < 1.29 is 47.7 Å². The summed E-state index contributed by atoms with van der Waals surface area (Å²) >= 11 is 11.5. The Morgan fingerprint density at radius 3 is 1.17 bits per heavy atom. The first-order chi connectivity index (χ1) is 19.6. The largest absolute Gasteiger partial charge is 0.459 e. The SMILES string of the molecule is C=C(C)C(=O)OCCOC(=O)c1cc(-c2cc(C(=O)OCCOC(=O)C(=C)C)c(C(=O)Cl)cc2C)c(C)cc1C(=O)Cl. The van der Waals surface area contributed by atoms with Crippen molar-refractivity contribution in [2.24, 2.45) is 0 Å². The van der Waals surface area contributed by atoms with Crippen LogP contribution in [0.25, 0.3) is 11.1 Å². The van der Waals surface area contributed by atoms with Gasteiger partial charge in [-0.1, -0.05) is 13.2 Å². The number of benzene rings is 2. The Labute approximate surface area is 252 Å². The molecule has 0 saturated carbocycles. The van der Waals surface area contributed by atoms with E-state index in [1.165, 1.54) is 38.1 Å². The second kappa shape index (κ2) is 15.1. The molecule has 222 valence electrons. The minimum Gasteiger partial charge on any atom is -0.459 e. The van der Waals surface area contributed by atoms with Gasteiger partial charge >= 0.3 is 23.9 Å². The Balaban J connectivity index is 2.44. The number of rotatable bonds is 13. The van der Waals surface area contributed by atoms with Crippen molar-refractivity contribution in [3.8, 4) is 11.1 Å². The van der Waals surface area contributed by atoms with Crippen LogP contribution in [-0.2, 0) is 28.5 Å². The van der Waals surface area contributed by atoms with Crippen LogP contribution in [0, 0.1) is 13.8 Å². The van der Waals surface area contributed by atoms with Gasteiger partial charge in [-0.2, -0.15) is 0 Å². The molecule has 0 N–H and O–H groups in total. The van der Waals surface area contributed by atoms with Gasteiger partial charge in [0.25, 0.3) is 10.5 Å². The zero-order chi connectivity index (χ0) is 31.7. The van der Waals surface area contributed by atoms with Crippen molar-refractivity contribution in [1.82, 2.24) is 0 Å². The van der Waals surface area contributed by atoms with Crippen LogP contribution in [0.15, 0.2) is 48.6 Å². The first kappa shape index (κ1) is 33.9. The molecule has 0 aliphatic carbocycles. The molecule has 2 rings (SSSR count). The van der Waals surface area contributed by atoms with Crippen molar-refractivity contribution in [1.29, 1.82) is 0 Å². The predicted octanol–water partition coefficient (Wildman–Crippen LogP) is 5.28. The summed E-state index contributed by atoms with van der Waals surface area (Å²) in [6.45, 7) is 12.0. The van der Waals surface area contributed by atoms with Gasteiger partial charge in [0, 0.05) is 22.3 Å². The van der Waals surface area contributed by atoms with Gasteiger partial charge in [0.05, 0.1) is 11.1 Å². The fourth-order valence-electron chi connectivity index (χ4n) is 3.60. The standard InChI is InChI=1S/C30H28Cl2O10/c1-15(2)27(35)39-7-9-41-29(37)23-13-19(17(5)11-21(23)25(31)33)20-14-24(22(26(32)34)12-18(20)6)30(38)42-10-8-40-28(36)16(3)4/h11-14H,1,3,7-10H2,2,4-6H3. The number of hydrogen-bond donors (Lipinski definition) is 0. The molecule has 0 fully saturated rings. The molecule has 0 aliphatic heterocycles. The molecule has 0 saturated heterocycles. The molecule has 12 heteroatoms. The number of halogens is 2. The second-order valence-corrected chi connectivity index (χ2v) is 9.76. The molecular formula is C30H28Cl2O10. The quantitative estimate of drug-likeness (QED) is 0.0957. The minimum absolute atomic E-state index is 0.129. The molecule has 2 aromatic rings. The molecular weight excluding hydrogens is 591 g/mol. The summed E-state index contributed by atoms with van der Waals surface area (Å²) in [5.74, 6) is -3.14. The first-order valence-electron chi connectivity index (χ1n) is 12.3. The van der Waals surface area contributed by atoms with Crippen LogP contribution in [0.3, 0.4) is 0 Å². The normalized spacial score (nSPS) is 10.3. The van der Waals surface area contributed by atoms with E-state index in [1.807, 2.05) is 0 Å². The van der Waals surface area contributed by atoms with Crippen LogP contribution < -0.4 is 0 Å². The average Bonchev–Trinajstić information content (AvgIpc) is 2.92. The van der Waals surface area contributed by atoms with E-state index in [0.29, 0.717) is 22.3 Å². The fraction of sp³-hybridized carbons (Fsp3) is 0.267. The van der Waals surface area contributed by atoms with Crippen molar-refractivity contribution in [2.45, 2.75) is 27.7 Å². The molecule has 0 spiro atoms. The molecule has 0 unspecified atom stereocenters. The van der Waals surface area contributed by atoms with Crippen molar-refractivity contribution in [2.75, 3.05) is 26.4 Å². The molecule has 0 aromatic heterocycles. The van der Waals surface area contributed by atoms with Crippen molar-refractivity contribution in [3.63, 3.8) is 0 Å². The second-order valence-electron chi connectivity index (χ2n) is 9.08. The number of esters is 4. The molecule has 2 aromatic carbocycles. The van der Waals surface area contributed by atoms with E-state index in [1.54, 1.807) is 13.8 Å². The zero-order valence-corrected chi connectivity index (χ0v) is 24.9. The Kier molecular flexibility index (Phi) is 12.2. The maximum Gasteiger partial charge on any atom is 0.339 e. The number of hydrogen-bond acceptors (Lipinski definition) is 10. The lowest BCUT2D eigenvalue weighted by molar-refractivity contribution is -0.140. The molecule has 42 heavy (non-hydrogen) atoms. The Hall–Kier alpha value is -4.28. The van der Waals surface area contributed by atoms with Crippen LogP contribution in [0.1, 0.15) is 66.4 Å². The summed E-state index contributed by atoms with van der Waals surface area (Å²) in [5.41, 5.74) is 1.56. The molecule has 10 nitrogen and oxygen atoms in total. The van der Waals surface area contributed by atoms with E-state index < -0.39 is 34.4 Å². The minimum atomic E-state index is -0.916. The highest BCUT2D eigenvalue weighted by atomic mass is 35.5. The Morgan fingerprint density at radius 2 is 0.881 bits per heavy atom. The highest BCUT2D eigenvalue weighted by Crippen LogP contribution is 2.33. The number of ether oxygens (including phenoxy) is 4. The summed E-state index contributed by atoms with van der Waals surface area (Å²) in [7, 11) is 0. The van der Waals surface area contributed by atoms with Gasteiger partial charge in [-0.25, -0.2) is 19.2 Å². The number of carbonyl (C=O) groups excluding carboxylic acids is 6. The van der Waals surface area contributed by atoms with Crippen molar-refractivity contribution in [3.05, 3.63) is 82.0 Å². The van der Waals surface area contributed by atoms with Crippen LogP contribution in [-0.4, -0.2) is 60.8 Å². The molecule has 0 bridgehead atoms. The van der Waals surface area contributed by atoms with Gasteiger partial charge < -0.3 is 18.9 Å². The number of carbonyl (C=O) groups is 6. The van der Waals surface area contributed by atoms with E-state index >= 15 is 0 Å². The van der Waals surface area contributed by atoms with Gasteiger partial charge in [0.2, 0.25) is 0 Å². The zero-order valence-electron chi connectivity index (χ0n) is 23.4. The summed E-state index contributed by atoms with van der Waals surface area (Å²) in [5, 5.41) is -1.83. The lowest BCUT2D eigenvalue weighted by Crippen LogP contribution is -2.17. The van der Waals surface area contributed by atoms with E-state index in [-0.39, 0.29) is 59.8 Å². The third-order valence-electron chi connectivity index (χ3n) is 5.68. The lowest BCUT2D eigenvalue weighted by Gasteiger charge is -2.17. The third-order valence-corrected chi connectivity index (χ3v) is 6.09. The Bertz CT molecular complexity index is 1380. The summed E-state index contributed by atoms with van der Waals surface area (Å²) in [6.07, 6.45) is 0. The molecule has 0 radical (unpaired) electrons. The van der Waals surface area contributed by atoms with Crippen molar-refractivity contribution >= 4 is 57.6 Å². The Morgan fingerprint density at radius 1 is 0.571 bits per heavy atom. The van der Waals surface area contributed by atoms with E-state index in [9.17, 15) is 28.8 Å².